The SMILES string of the molecule is CCCCCCCCCCCCC(S)CCC(C12C=CC(CC1)C2)[Si](OCC)(OCC)OCC. The van der Waals surface area contributed by atoms with E-state index < -0.39 is 8.80 Å². The number of hydrogen-bond acceptors (Lipinski definition) is 4. The summed E-state index contributed by atoms with van der Waals surface area (Å²) < 4.78 is 19.4. The summed E-state index contributed by atoms with van der Waals surface area (Å²) >= 11 is 5.03. The molecule has 0 saturated heterocycles. The lowest BCUT2D eigenvalue weighted by atomic mass is 9.81. The largest absolute Gasteiger partial charge is 0.505 e. The van der Waals surface area contributed by atoms with Crippen molar-refractivity contribution in [1.82, 2.24) is 0 Å². The van der Waals surface area contributed by atoms with E-state index in [2.05, 4.69) is 39.8 Å². The van der Waals surface area contributed by atoms with Crippen LogP contribution in [0, 0.1) is 11.3 Å². The molecule has 1 saturated carbocycles. The molecule has 0 aliphatic heterocycles. The molecular weight excluding hydrogens is 456 g/mol. The van der Waals surface area contributed by atoms with Crippen molar-refractivity contribution in [3.8, 4) is 0 Å². The van der Waals surface area contributed by atoms with E-state index in [-0.39, 0.29) is 5.41 Å². The van der Waals surface area contributed by atoms with Crippen LogP contribution in [0.1, 0.15) is 130 Å². The molecule has 3 nitrogen and oxygen atoms in total. The smallest absolute Gasteiger partial charge is 0.374 e. The first-order valence-corrected chi connectivity index (χ1v) is 17.2. The van der Waals surface area contributed by atoms with E-state index in [0.717, 1.165) is 18.8 Å². The standard InChI is InChI=1S/C29H56O3SSi/c1-5-9-10-11-12-13-14-15-16-17-18-27(33)19-20-28(29-23-21-26(25-29)22-24-29)34(30-6-2,31-7-3)32-8-4/h21,23,26-28,33H,5-20,22,24-25H2,1-4H3. The molecular formula is C29H56O3SSi. The van der Waals surface area contributed by atoms with Crippen LogP contribution in [0.15, 0.2) is 12.2 Å². The van der Waals surface area contributed by atoms with E-state index in [4.69, 9.17) is 25.9 Å². The molecule has 0 aromatic rings. The highest BCUT2D eigenvalue weighted by Crippen LogP contribution is 2.60. The average molecular weight is 513 g/mol. The summed E-state index contributed by atoms with van der Waals surface area (Å²) in [4.78, 5) is 0. The van der Waals surface area contributed by atoms with Crippen molar-refractivity contribution in [1.29, 1.82) is 0 Å². The molecule has 4 atom stereocenters. The van der Waals surface area contributed by atoms with Gasteiger partial charge in [0.15, 0.2) is 0 Å². The number of fused-ring (bicyclic) bond motifs is 2. The molecule has 4 unspecified atom stereocenters. The Morgan fingerprint density at radius 1 is 0.794 bits per heavy atom. The number of allylic oxidation sites excluding steroid dienone is 2. The van der Waals surface area contributed by atoms with E-state index in [9.17, 15) is 0 Å². The van der Waals surface area contributed by atoms with Gasteiger partial charge in [0.1, 0.15) is 0 Å². The van der Waals surface area contributed by atoms with Crippen LogP contribution in [0.5, 0.6) is 0 Å². The molecule has 2 rings (SSSR count). The zero-order valence-electron chi connectivity index (χ0n) is 23.0. The Balaban J connectivity index is 1.83. The van der Waals surface area contributed by atoms with Crippen LogP contribution >= 0.6 is 12.6 Å². The second-order valence-corrected chi connectivity index (χ2v) is 14.3. The summed E-state index contributed by atoms with van der Waals surface area (Å²) in [5.41, 5.74) is 0.562. The Morgan fingerprint density at radius 2 is 1.35 bits per heavy atom. The van der Waals surface area contributed by atoms with Crippen molar-refractivity contribution in [2.45, 2.75) is 141 Å². The molecule has 2 bridgehead atoms. The van der Waals surface area contributed by atoms with Crippen LogP contribution in [0.4, 0.5) is 0 Å². The zero-order chi connectivity index (χ0) is 24.7. The monoisotopic (exact) mass is 512 g/mol. The molecule has 2 aliphatic rings. The minimum atomic E-state index is -2.77. The molecule has 0 N–H and O–H groups in total. The topological polar surface area (TPSA) is 27.7 Å². The highest BCUT2D eigenvalue weighted by molar-refractivity contribution is 7.80. The van der Waals surface area contributed by atoms with Gasteiger partial charge in [-0.2, -0.15) is 12.6 Å². The Labute approximate surface area is 219 Å². The van der Waals surface area contributed by atoms with E-state index in [1.807, 2.05) is 0 Å². The molecule has 0 aromatic carbocycles. The number of rotatable bonds is 22. The van der Waals surface area contributed by atoms with Gasteiger partial charge in [-0.15, -0.1) is 0 Å². The van der Waals surface area contributed by atoms with Gasteiger partial charge >= 0.3 is 8.80 Å². The Hall–Kier alpha value is 0.187. The molecule has 200 valence electrons. The predicted octanol–water partition coefficient (Wildman–Crippen LogP) is 9.15. The van der Waals surface area contributed by atoms with Gasteiger partial charge in [0.05, 0.1) is 0 Å². The third kappa shape index (κ3) is 9.25. The van der Waals surface area contributed by atoms with Gasteiger partial charge in [0.2, 0.25) is 0 Å². The van der Waals surface area contributed by atoms with Crippen LogP contribution in [-0.4, -0.2) is 33.9 Å². The van der Waals surface area contributed by atoms with Gasteiger partial charge in [0.25, 0.3) is 0 Å². The molecule has 0 aromatic heterocycles. The summed E-state index contributed by atoms with van der Waals surface area (Å²) in [7, 11) is -2.77. The van der Waals surface area contributed by atoms with E-state index >= 15 is 0 Å². The molecule has 0 heterocycles. The lowest BCUT2D eigenvalue weighted by molar-refractivity contribution is 0.0446. The van der Waals surface area contributed by atoms with E-state index in [0.29, 0.717) is 30.6 Å². The fourth-order valence-corrected chi connectivity index (χ4v) is 10.4. The molecule has 0 spiro atoms. The Kier molecular flexibility index (Phi) is 15.1. The third-order valence-corrected chi connectivity index (χ3v) is 12.5. The highest BCUT2D eigenvalue weighted by Gasteiger charge is 2.60. The number of unbranched alkanes of at least 4 members (excludes halogenated alkanes) is 9. The minimum Gasteiger partial charge on any atom is -0.374 e. The van der Waals surface area contributed by atoms with Crippen LogP contribution in [0.25, 0.3) is 0 Å². The van der Waals surface area contributed by atoms with E-state index in [1.54, 1.807) is 0 Å². The van der Waals surface area contributed by atoms with E-state index in [1.165, 1.54) is 89.9 Å². The molecule has 2 aliphatic carbocycles. The molecule has 0 radical (unpaired) electrons. The van der Waals surface area contributed by atoms with Crippen molar-refractivity contribution in [3.05, 3.63) is 12.2 Å². The summed E-state index contributed by atoms with van der Waals surface area (Å²) in [6.07, 6.45) is 26.2. The zero-order valence-corrected chi connectivity index (χ0v) is 24.9. The summed E-state index contributed by atoms with van der Waals surface area (Å²) in [5, 5.41) is 0.465. The Morgan fingerprint density at radius 3 is 1.79 bits per heavy atom. The maximum atomic E-state index is 6.47. The quantitative estimate of drug-likeness (QED) is 0.0678. The van der Waals surface area contributed by atoms with Crippen molar-refractivity contribution < 1.29 is 13.3 Å². The fourth-order valence-electron chi connectivity index (χ4n) is 6.44. The van der Waals surface area contributed by atoms with Crippen LogP contribution in [0.2, 0.25) is 5.54 Å². The highest BCUT2D eigenvalue weighted by atomic mass is 32.1. The second kappa shape index (κ2) is 16.8. The van der Waals surface area contributed by atoms with Crippen molar-refractivity contribution in [2.24, 2.45) is 11.3 Å². The van der Waals surface area contributed by atoms with Gasteiger partial charge in [0, 0.05) is 30.6 Å². The van der Waals surface area contributed by atoms with Crippen molar-refractivity contribution in [3.63, 3.8) is 0 Å². The normalized spacial score (nSPS) is 23.6. The maximum Gasteiger partial charge on any atom is 0.505 e. The lowest BCUT2D eigenvalue weighted by Gasteiger charge is -2.44. The second-order valence-electron chi connectivity index (χ2n) is 10.8. The fraction of sp³-hybridized carbons (Fsp3) is 0.931. The van der Waals surface area contributed by atoms with Gasteiger partial charge in [-0.3, -0.25) is 0 Å². The first-order valence-electron chi connectivity index (χ1n) is 14.8. The summed E-state index contributed by atoms with van der Waals surface area (Å²) in [6, 6.07) is 0. The number of hydrogen-bond donors (Lipinski definition) is 1. The summed E-state index contributed by atoms with van der Waals surface area (Å²) in [6.45, 7) is 10.5. The maximum absolute atomic E-state index is 6.47. The first-order chi connectivity index (χ1) is 16.6. The minimum absolute atomic E-state index is 0.209. The molecule has 1 fully saturated rings. The Bertz CT molecular complexity index is 540. The van der Waals surface area contributed by atoms with Crippen molar-refractivity contribution in [2.75, 3.05) is 19.8 Å². The van der Waals surface area contributed by atoms with Gasteiger partial charge < -0.3 is 13.3 Å². The lowest BCUT2D eigenvalue weighted by Crippen LogP contribution is -2.54. The summed E-state index contributed by atoms with van der Waals surface area (Å²) in [5.74, 6) is 0.748. The van der Waals surface area contributed by atoms with Crippen LogP contribution in [-0.2, 0) is 13.3 Å². The van der Waals surface area contributed by atoms with Gasteiger partial charge in [-0.1, -0.05) is 83.3 Å². The van der Waals surface area contributed by atoms with Crippen LogP contribution < -0.4 is 0 Å². The first kappa shape index (κ1) is 30.4. The molecule has 34 heavy (non-hydrogen) atoms. The molecule has 0 amide bonds. The van der Waals surface area contributed by atoms with Crippen molar-refractivity contribution >= 4 is 21.4 Å². The number of thiol groups is 1. The average Bonchev–Trinajstić information content (AvgIpc) is 3.43. The van der Waals surface area contributed by atoms with Crippen LogP contribution in [0.3, 0.4) is 0 Å². The third-order valence-electron chi connectivity index (χ3n) is 8.16. The predicted molar refractivity (Wildman–Crippen MR) is 152 cm³/mol. The van der Waals surface area contributed by atoms with Gasteiger partial charge in [-0.05, 0) is 70.6 Å². The molecule has 5 heteroatoms. The van der Waals surface area contributed by atoms with Gasteiger partial charge in [-0.25, -0.2) is 0 Å².